The highest BCUT2D eigenvalue weighted by atomic mass is 35.5. The number of alkyl halides is 3. The molecule has 1 aliphatic heterocycles. The molecule has 2 aliphatic rings. The van der Waals surface area contributed by atoms with Crippen LogP contribution in [0.2, 0.25) is 5.02 Å². The van der Waals surface area contributed by atoms with E-state index in [0.29, 0.717) is 5.76 Å². The van der Waals surface area contributed by atoms with E-state index in [4.69, 9.17) is 26.2 Å². The van der Waals surface area contributed by atoms with Crippen LogP contribution in [0.3, 0.4) is 0 Å². The second-order valence-corrected chi connectivity index (χ2v) is 5.86. The molecule has 8 heteroatoms. The van der Waals surface area contributed by atoms with E-state index in [1.165, 1.54) is 12.1 Å². The molecule has 1 heterocycles. The van der Waals surface area contributed by atoms with Crippen molar-refractivity contribution in [2.24, 2.45) is 0 Å². The maximum absolute atomic E-state index is 13.1. The number of fused-ring (bicyclic) bond motifs is 1. The monoisotopic (exact) mass is 372 g/mol. The smallest absolute Gasteiger partial charge is 0.430 e. The van der Waals surface area contributed by atoms with E-state index in [9.17, 15) is 18.0 Å². The van der Waals surface area contributed by atoms with Crippen molar-refractivity contribution in [3.8, 4) is 11.5 Å². The van der Waals surface area contributed by atoms with Crippen LogP contribution in [0.25, 0.3) is 6.08 Å². The summed E-state index contributed by atoms with van der Waals surface area (Å²) in [6.45, 7) is 0. The molecule has 3 rings (SSSR count). The molecule has 0 saturated carbocycles. The third-order valence-electron chi connectivity index (χ3n) is 3.64. The molecule has 132 valence electrons. The van der Waals surface area contributed by atoms with Crippen molar-refractivity contribution in [1.29, 1.82) is 0 Å². The number of benzene rings is 1. The van der Waals surface area contributed by atoms with Gasteiger partial charge in [-0.05, 0) is 37.1 Å². The van der Waals surface area contributed by atoms with Gasteiger partial charge in [-0.3, -0.25) is 0 Å². The number of carboxylic acids is 1. The van der Waals surface area contributed by atoms with Gasteiger partial charge in [0, 0.05) is 11.6 Å². The second-order valence-electron chi connectivity index (χ2n) is 5.45. The third-order valence-corrected chi connectivity index (χ3v) is 3.93. The zero-order valence-electron chi connectivity index (χ0n) is 12.6. The van der Waals surface area contributed by atoms with Crippen molar-refractivity contribution < 1.29 is 32.5 Å². The van der Waals surface area contributed by atoms with Crippen molar-refractivity contribution in [1.82, 2.24) is 0 Å². The van der Waals surface area contributed by atoms with Gasteiger partial charge in [0.15, 0.2) is 0 Å². The van der Waals surface area contributed by atoms with Crippen LogP contribution >= 0.6 is 11.6 Å². The van der Waals surface area contributed by atoms with Gasteiger partial charge in [0.05, 0.1) is 10.6 Å². The molecule has 1 aliphatic carbocycles. The highest BCUT2D eigenvalue weighted by molar-refractivity contribution is 6.32. The Hall–Kier alpha value is -2.41. The fraction of sp³-hybridized carbons (Fsp3) is 0.235. The van der Waals surface area contributed by atoms with Crippen LogP contribution in [0.5, 0.6) is 11.5 Å². The Balaban J connectivity index is 1.99. The summed E-state index contributed by atoms with van der Waals surface area (Å²) in [5.74, 6) is -1.20. The van der Waals surface area contributed by atoms with Crippen molar-refractivity contribution in [2.45, 2.75) is 25.1 Å². The zero-order valence-corrected chi connectivity index (χ0v) is 13.4. The van der Waals surface area contributed by atoms with E-state index in [-0.39, 0.29) is 22.1 Å². The van der Waals surface area contributed by atoms with E-state index in [2.05, 4.69) is 0 Å². The predicted molar refractivity (Wildman–Crippen MR) is 84.6 cm³/mol. The van der Waals surface area contributed by atoms with Crippen molar-refractivity contribution in [3.63, 3.8) is 0 Å². The standard InChI is InChI=1S/C17H12ClF3O4/c18-12-7-9-6-11(16(22)23)15(17(19,20)21)25-13(9)8-14(12)24-10-4-2-1-3-5-10/h2,4-8,15H,1,3H2,(H,22,23). The quantitative estimate of drug-likeness (QED) is 0.832. The van der Waals surface area contributed by atoms with Crippen LogP contribution in [0, 0.1) is 0 Å². The number of hydrogen-bond acceptors (Lipinski definition) is 3. The summed E-state index contributed by atoms with van der Waals surface area (Å²) in [6, 6.07) is 2.55. The lowest BCUT2D eigenvalue weighted by Crippen LogP contribution is -2.40. The molecule has 0 spiro atoms. The Bertz CT molecular complexity index is 809. The molecule has 4 nitrogen and oxygen atoms in total. The normalized spacial score (nSPS) is 19.4. The van der Waals surface area contributed by atoms with Crippen LogP contribution in [0.1, 0.15) is 18.4 Å². The van der Waals surface area contributed by atoms with Gasteiger partial charge in [0.1, 0.15) is 17.3 Å². The maximum Gasteiger partial charge on any atom is 0.430 e. The summed E-state index contributed by atoms with van der Waals surface area (Å²) in [6.07, 6.45) is 0.625. The molecule has 0 aromatic heterocycles. The molecular formula is C17H12ClF3O4. The third kappa shape index (κ3) is 3.66. The molecule has 1 aromatic rings. The molecular weight excluding hydrogens is 361 g/mol. The molecule has 25 heavy (non-hydrogen) atoms. The summed E-state index contributed by atoms with van der Waals surface area (Å²) in [7, 11) is 0. The molecule has 1 atom stereocenters. The molecule has 1 N–H and O–H groups in total. The van der Waals surface area contributed by atoms with Gasteiger partial charge in [-0.25, -0.2) is 4.79 Å². The first kappa shape index (κ1) is 17.4. The number of halogens is 4. The number of carbonyl (C=O) groups is 1. The fourth-order valence-corrected chi connectivity index (χ4v) is 2.70. The number of aliphatic carboxylic acids is 1. The highest BCUT2D eigenvalue weighted by Crippen LogP contribution is 2.42. The van der Waals surface area contributed by atoms with E-state index < -0.39 is 23.8 Å². The molecule has 0 amide bonds. The first-order valence-corrected chi connectivity index (χ1v) is 7.70. The van der Waals surface area contributed by atoms with E-state index in [0.717, 1.165) is 18.9 Å². The molecule has 0 fully saturated rings. The van der Waals surface area contributed by atoms with Crippen LogP contribution in [0.15, 0.2) is 41.7 Å². The number of hydrogen-bond donors (Lipinski definition) is 1. The zero-order chi connectivity index (χ0) is 18.2. The average Bonchev–Trinajstić information content (AvgIpc) is 2.54. The van der Waals surface area contributed by atoms with Gasteiger partial charge in [0.25, 0.3) is 0 Å². The Labute approximate surface area is 145 Å². The van der Waals surface area contributed by atoms with Gasteiger partial charge in [-0.2, -0.15) is 13.2 Å². The number of allylic oxidation sites excluding steroid dienone is 3. The second kappa shape index (κ2) is 6.48. The summed E-state index contributed by atoms with van der Waals surface area (Å²) in [5, 5.41) is 9.15. The van der Waals surface area contributed by atoms with Gasteiger partial charge in [-0.1, -0.05) is 17.7 Å². The van der Waals surface area contributed by atoms with Gasteiger partial charge < -0.3 is 14.6 Å². The SMILES string of the molecule is O=C(O)C1=Cc2cc(Cl)c(OC3=CCCC=C3)cc2OC1C(F)(F)F. The van der Waals surface area contributed by atoms with Crippen LogP contribution < -0.4 is 9.47 Å². The van der Waals surface area contributed by atoms with E-state index >= 15 is 0 Å². The maximum atomic E-state index is 13.1. The minimum Gasteiger partial charge on any atom is -0.478 e. The fourth-order valence-electron chi connectivity index (χ4n) is 2.49. The van der Waals surface area contributed by atoms with E-state index in [1.807, 2.05) is 12.2 Å². The Morgan fingerprint density at radius 3 is 2.68 bits per heavy atom. The number of carboxylic acid groups (broad SMARTS) is 1. The summed E-state index contributed by atoms with van der Waals surface area (Å²) in [5.41, 5.74) is -0.758. The van der Waals surface area contributed by atoms with Crippen LogP contribution in [-0.2, 0) is 4.79 Å². The molecule has 1 unspecified atom stereocenters. The molecule has 0 radical (unpaired) electrons. The minimum atomic E-state index is -4.86. The predicted octanol–water partition coefficient (Wildman–Crippen LogP) is 4.74. The van der Waals surface area contributed by atoms with Crippen molar-refractivity contribution in [3.05, 3.63) is 52.3 Å². The van der Waals surface area contributed by atoms with Crippen LogP contribution in [0.4, 0.5) is 13.2 Å². The molecule has 1 aromatic carbocycles. The number of rotatable bonds is 3. The first-order chi connectivity index (χ1) is 11.8. The summed E-state index contributed by atoms with van der Waals surface area (Å²) in [4.78, 5) is 11.1. The van der Waals surface area contributed by atoms with Gasteiger partial charge in [0.2, 0.25) is 6.10 Å². The van der Waals surface area contributed by atoms with Crippen molar-refractivity contribution >= 4 is 23.6 Å². The molecule has 0 bridgehead atoms. The topological polar surface area (TPSA) is 55.8 Å². The summed E-state index contributed by atoms with van der Waals surface area (Å²) < 4.78 is 49.8. The molecule has 0 saturated heterocycles. The van der Waals surface area contributed by atoms with Crippen LogP contribution in [-0.4, -0.2) is 23.4 Å². The summed E-state index contributed by atoms with van der Waals surface area (Å²) >= 11 is 6.10. The Morgan fingerprint density at radius 2 is 2.08 bits per heavy atom. The lowest BCUT2D eigenvalue weighted by Gasteiger charge is -2.27. The first-order valence-electron chi connectivity index (χ1n) is 7.32. The Morgan fingerprint density at radius 1 is 1.32 bits per heavy atom. The van der Waals surface area contributed by atoms with Crippen molar-refractivity contribution in [2.75, 3.05) is 0 Å². The highest BCUT2D eigenvalue weighted by Gasteiger charge is 2.48. The number of ether oxygens (including phenoxy) is 2. The minimum absolute atomic E-state index is 0.131. The Kier molecular flexibility index (Phi) is 4.51. The lowest BCUT2D eigenvalue weighted by molar-refractivity contribution is -0.187. The average molecular weight is 373 g/mol. The largest absolute Gasteiger partial charge is 0.478 e. The van der Waals surface area contributed by atoms with Gasteiger partial charge >= 0.3 is 12.1 Å². The van der Waals surface area contributed by atoms with E-state index in [1.54, 1.807) is 6.08 Å². The lowest BCUT2D eigenvalue weighted by atomic mass is 10.0. The van der Waals surface area contributed by atoms with Gasteiger partial charge in [-0.15, -0.1) is 0 Å².